The summed E-state index contributed by atoms with van der Waals surface area (Å²) in [6.45, 7) is 5.07. The number of benzene rings is 1. The Kier molecular flexibility index (Phi) is 6.71. The van der Waals surface area contributed by atoms with Crippen LogP contribution < -0.4 is 14.5 Å². The van der Waals surface area contributed by atoms with Crippen LogP contribution in [0.1, 0.15) is 10.6 Å². The number of ether oxygens (including phenoxy) is 1. The number of methoxy groups -OCH3 is 1. The van der Waals surface area contributed by atoms with E-state index < -0.39 is 0 Å². The zero-order valence-electron chi connectivity index (χ0n) is 17.3. The van der Waals surface area contributed by atoms with Gasteiger partial charge in [-0.05, 0) is 35.7 Å². The molecule has 1 amide bonds. The van der Waals surface area contributed by atoms with Crippen molar-refractivity contribution in [1.82, 2.24) is 4.90 Å². The van der Waals surface area contributed by atoms with Crippen LogP contribution in [0.25, 0.3) is 0 Å². The fourth-order valence-electron chi connectivity index (χ4n) is 3.92. The lowest BCUT2D eigenvalue weighted by Crippen LogP contribution is -3.10. The van der Waals surface area contributed by atoms with Gasteiger partial charge in [0.05, 0.1) is 23.9 Å². The molecule has 0 bridgehead atoms. The lowest BCUT2D eigenvalue weighted by atomic mass is 10.2. The molecular formula is C23H28N3O3S+. The third kappa shape index (κ3) is 5.04. The molecule has 1 unspecified atom stereocenters. The largest absolute Gasteiger partial charge is 0.495 e. The molecule has 0 aliphatic carbocycles. The molecule has 6 nitrogen and oxygen atoms in total. The zero-order chi connectivity index (χ0) is 20.8. The predicted molar refractivity (Wildman–Crippen MR) is 118 cm³/mol. The first-order chi connectivity index (χ1) is 14.7. The number of hydrogen-bond acceptors (Lipinski definition) is 5. The van der Waals surface area contributed by atoms with E-state index in [0.717, 1.165) is 49.9 Å². The maximum atomic E-state index is 13.1. The van der Waals surface area contributed by atoms with Gasteiger partial charge in [0.15, 0.2) is 12.3 Å². The number of rotatable bonds is 8. The number of para-hydroxylation sites is 2. The van der Waals surface area contributed by atoms with Gasteiger partial charge in [-0.15, -0.1) is 11.3 Å². The van der Waals surface area contributed by atoms with Crippen LogP contribution in [0.15, 0.2) is 64.6 Å². The first kappa shape index (κ1) is 20.5. The third-order valence-electron chi connectivity index (χ3n) is 5.47. The number of nitrogens with zero attached hydrogens (tertiary/aromatic N) is 2. The summed E-state index contributed by atoms with van der Waals surface area (Å²) in [5.74, 6) is 1.99. The number of furan rings is 1. The van der Waals surface area contributed by atoms with E-state index in [-0.39, 0.29) is 5.91 Å². The van der Waals surface area contributed by atoms with Gasteiger partial charge in [0.25, 0.3) is 5.91 Å². The van der Waals surface area contributed by atoms with Gasteiger partial charge < -0.3 is 23.9 Å². The summed E-state index contributed by atoms with van der Waals surface area (Å²) in [5, 5.41) is 2.08. The molecule has 1 fully saturated rings. The Morgan fingerprint density at radius 1 is 1.07 bits per heavy atom. The van der Waals surface area contributed by atoms with Crippen LogP contribution in [0.5, 0.6) is 5.75 Å². The van der Waals surface area contributed by atoms with Crippen LogP contribution in [0.4, 0.5) is 5.69 Å². The minimum atomic E-state index is 0.202. The van der Waals surface area contributed by atoms with E-state index in [9.17, 15) is 4.79 Å². The Morgan fingerprint density at radius 3 is 2.60 bits per heavy atom. The zero-order valence-corrected chi connectivity index (χ0v) is 18.1. The smallest absolute Gasteiger partial charge is 0.277 e. The molecule has 1 aliphatic rings. The SMILES string of the molecule is COc1ccccc1N1CCN(C(=O)C[NH+](Cc2ccco2)Cc2cccs2)CC1. The number of carbonyl (C=O) groups is 1. The highest BCUT2D eigenvalue weighted by molar-refractivity contribution is 7.09. The highest BCUT2D eigenvalue weighted by atomic mass is 32.1. The highest BCUT2D eigenvalue weighted by Crippen LogP contribution is 2.28. The quantitative estimate of drug-likeness (QED) is 0.601. The van der Waals surface area contributed by atoms with Gasteiger partial charge in [0, 0.05) is 26.2 Å². The highest BCUT2D eigenvalue weighted by Gasteiger charge is 2.26. The predicted octanol–water partition coefficient (Wildman–Crippen LogP) is 2.28. The summed E-state index contributed by atoms with van der Waals surface area (Å²) in [6.07, 6.45) is 1.69. The molecule has 2 aromatic heterocycles. The monoisotopic (exact) mass is 426 g/mol. The molecule has 1 N–H and O–H groups in total. The molecule has 1 aliphatic heterocycles. The molecule has 0 saturated carbocycles. The molecular weight excluding hydrogens is 398 g/mol. The van der Waals surface area contributed by atoms with Crippen LogP contribution in [-0.2, 0) is 17.9 Å². The molecule has 3 heterocycles. The van der Waals surface area contributed by atoms with Crippen molar-refractivity contribution in [3.8, 4) is 5.75 Å². The lowest BCUT2D eigenvalue weighted by molar-refractivity contribution is -0.920. The maximum Gasteiger partial charge on any atom is 0.277 e. The van der Waals surface area contributed by atoms with Crippen molar-refractivity contribution in [2.24, 2.45) is 0 Å². The van der Waals surface area contributed by atoms with Crippen LogP contribution in [0.3, 0.4) is 0 Å². The van der Waals surface area contributed by atoms with Crippen LogP contribution >= 0.6 is 11.3 Å². The van der Waals surface area contributed by atoms with Crippen molar-refractivity contribution in [2.75, 3.05) is 44.7 Å². The van der Waals surface area contributed by atoms with Crippen molar-refractivity contribution in [2.45, 2.75) is 13.1 Å². The van der Waals surface area contributed by atoms with E-state index in [4.69, 9.17) is 9.15 Å². The number of carbonyl (C=O) groups excluding carboxylic acids is 1. The van der Waals surface area contributed by atoms with Crippen molar-refractivity contribution >= 4 is 22.9 Å². The summed E-state index contributed by atoms with van der Waals surface area (Å²) in [5.41, 5.74) is 1.09. The number of piperazine rings is 1. The number of amides is 1. The van der Waals surface area contributed by atoms with E-state index in [2.05, 4.69) is 28.5 Å². The van der Waals surface area contributed by atoms with Crippen molar-refractivity contribution in [3.05, 3.63) is 70.8 Å². The molecule has 4 rings (SSSR count). The van der Waals surface area contributed by atoms with E-state index in [0.29, 0.717) is 13.1 Å². The minimum absolute atomic E-state index is 0.202. The molecule has 1 saturated heterocycles. The van der Waals surface area contributed by atoms with Crippen molar-refractivity contribution in [1.29, 1.82) is 0 Å². The summed E-state index contributed by atoms with van der Waals surface area (Å²) < 4.78 is 11.0. The number of hydrogen-bond donors (Lipinski definition) is 1. The number of nitrogens with one attached hydrogen (secondary N) is 1. The first-order valence-corrected chi connectivity index (χ1v) is 11.1. The van der Waals surface area contributed by atoms with Gasteiger partial charge in [-0.1, -0.05) is 18.2 Å². The summed E-state index contributed by atoms with van der Waals surface area (Å²) in [7, 11) is 1.70. The second-order valence-corrected chi connectivity index (χ2v) is 8.51. The summed E-state index contributed by atoms with van der Waals surface area (Å²) in [4.78, 5) is 19.8. The molecule has 30 heavy (non-hydrogen) atoms. The molecule has 0 radical (unpaired) electrons. The molecule has 0 spiro atoms. The van der Waals surface area contributed by atoms with Gasteiger partial charge >= 0.3 is 0 Å². The topological polar surface area (TPSA) is 50.4 Å². The fraction of sp³-hybridized carbons (Fsp3) is 0.348. The molecule has 158 valence electrons. The third-order valence-corrected chi connectivity index (χ3v) is 6.34. The average molecular weight is 427 g/mol. The summed E-state index contributed by atoms with van der Waals surface area (Å²) in [6, 6.07) is 16.1. The summed E-state index contributed by atoms with van der Waals surface area (Å²) >= 11 is 1.73. The van der Waals surface area contributed by atoms with Crippen LogP contribution in [0.2, 0.25) is 0 Å². The van der Waals surface area contributed by atoms with E-state index in [1.165, 1.54) is 9.78 Å². The number of anilines is 1. The van der Waals surface area contributed by atoms with E-state index >= 15 is 0 Å². The van der Waals surface area contributed by atoms with E-state index in [1.807, 2.05) is 35.2 Å². The normalized spacial score (nSPS) is 15.2. The second-order valence-electron chi connectivity index (χ2n) is 7.48. The standard InChI is InChI=1S/C23H27N3O3S/c1-28-22-9-3-2-8-21(22)25-10-12-26(13-11-25)23(27)18-24(16-19-6-4-14-29-19)17-20-7-5-15-30-20/h2-9,14-15H,10-13,16-18H2,1H3/p+1. The molecule has 7 heteroatoms. The first-order valence-electron chi connectivity index (χ1n) is 10.3. The fourth-order valence-corrected chi connectivity index (χ4v) is 4.70. The van der Waals surface area contributed by atoms with Crippen molar-refractivity contribution in [3.63, 3.8) is 0 Å². The Morgan fingerprint density at radius 2 is 1.90 bits per heavy atom. The van der Waals surface area contributed by atoms with Gasteiger partial charge in [0.1, 0.15) is 18.8 Å². The van der Waals surface area contributed by atoms with Crippen LogP contribution in [0, 0.1) is 0 Å². The van der Waals surface area contributed by atoms with Gasteiger partial charge in [-0.3, -0.25) is 4.79 Å². The van der Waals surface area contributed by atoms with Gasteiger partial charge in [-0.2, -0.15) is 0 Å². The maximum absolute atomic E-state index is 13.1. The Hall–Kier alpha value is -2.77. The number of thiophene rings is 1. The molecule has 3 aromatic rings. The Bertz CT molecular complexity index is 883. The molecule has 1 aromatic carbocycles. The molecule has 1 atom stereocenters. The average Bonchev–Trinajstić information content (AvgIpc) is 3.48. The second kappa shape index (κ2) is 9.82. The number of quaternary nitrogens is 1. The Labute approximate surface area is 181 Å². The minimum Gasteiger partial charge on any atom is -0.495 e. The van der Waals surface area contributed by atoms with Crippen molar-refractivity contribution < 1.29 is 18.8 Å². The lowest BCUT2D eigenvalue weighted by Gasteiger charge is -2.36. The van der Waals surface area contributed by atoms with Gasteiger partial charge in [-0.25, -0.2) is 0 Å². The Balaban J connectivity index is 1.36. The van der Waals surface area contributed by atoms with Crippen LogP contribution in [-0.4, -0.2) is 50.6 Å². The van der Waals surface area contributed by atoms with E-state index in [1.54, 1.807) is 24.7 Å². The van der Waals surface area contributed by atoms with Gasteiger partial charge in [0.2, 0.25) is 0 Å².